The molecule has 1 radical (unpaired) electrons. The summed E-state index contributed by atoms with van der Waals surface area (Å²) in [5, 5.41) is 7.64. The molecule has 0 spiro atoms. The molecule has 1 aromatic rings. The van der Waals surface area contributed by atoms with Crippen molar-refractivity contribution in [1.82, 2.24) is 10.7 Å². The van der Waals surface area contributed by atoms with Crippen LogP contribution in [0, 0.1) is 0 Å². The average Bonchev–Trinajstić information content (AvgIpc) is 2.74. The van der Waals surface area contributed by atoms with E-state index in [0.717, 1.165) is 36.5 Å². The second-order valence-corrected chi connectivity index (χ2v) is 3.77. The van der Waals surface area contributed by atoms with Crippen LogP contribution in [-0.2, 0) is 0 Å². The Kier molecular flexibility index (Phi) is 2.03. The normalized spacial score (nSPS) is 19.6. The van der Waals surface area contributed by atoms with E-state index >= 15 is 0 Å². The Morgan fingerprint density at radius 2 is 2.00 bits per heavy atom. The molecule has 1 N–H and O–H groups in total. The Morgan fingerprint density at radius 3 is 2.87 bits per heavy atom. The van der Waals surface area contributed by atoms with Gasteiger partial charge in [-0.2, -0.15) is 5.43 Å². The lowest BCUT2D eigenvalue weighted by atomic mass is 9.99. The predicted molar refractivity (Wildman–Crippen MR) is 59.6 cm³/mol. The van der Waals surface area contributed by atoms with E-state index in [-0.39, 0.29) is 0 Å². The Morgan fingerprint density at radius 1 is 1.13 bits per heavy atom. The highest BCUT2D eigenvalue weighted by Gasteiger charge is 2.24. The van der Waals surface area contributed by atoms with Crippen LogP contribution in [0.15, 0.2) is 46.7 Å². The van der Waals surface area contributed by atoms with Gasteiger partial charge in [0.2, 0.25) is 0 Å². The lowest BCUT2D eigenvalue weighted by Crippen LogP contribution is -2.27. The molecule has 15 heavy (non-hydrogen) atoms. The minimum Gasteiger partial charge on any atom is -0.312 e. The maximum Gasteiger partial charge on any atom is 0.0992 e. The fourth-order valence-corrected chi connectivity index (χ4v) is 2.00. The van der Waals surface area contributed by atoms with E-state index in [2.05, 4.69) is 28.0 Å². The van der Waals surface area contributed by atoms with Crippen molar-refractivity contribution in [3.8, 4) is 0 Å². The summed E-state index contributed by atoms with van der Waals surface area (Å²) in [5.41, 5.74) is 8.88. The zero-order valence-electron chi connectivity index (χ0n) is 8.40. The summed E-state index contributed by atoms with van der Waals surface area (Å²) in [7, 11) is 0. The third-order valence-electron chi connectivity index (χ3n) is 2.79. The largest absolute Gasteiger partial charge is 0.312 e. The summed E-state index contributed by atoms with van der Waals surface area (Å²) in [6, 6.07) is 10.3. The molecule has 2 aliphatic rings. The second kappa shape index (κ2) is 3.51. The van der Waals surface area contributed by atoms with E-state index in [9.17, 15) is 0 Å². The molecule has 0 saturated carbocycles. The van der Waals surface area contributed by atoms with Gasteiger partial charge in [-0.05, 0) is 0 Å². The molecule has 75 valence electrons. The van der Waals surface area contributed by atoms with Crippen molar-refractivity contribution >= 4 is 5.71 Å². The van der Waals surface area contributed by atoms with Gasteiger partial charge < -0.3 is 5.32 Å². The molecular formula is C12H12N3. The molecule has 0 aliphatic carbocycles. The summed E-state index contributed by atoms with van der Waals surface area (Å²) < 4.78 is 0. The predicted octanol–water partition coefficient (Wildman–Crippen LogP) is 1.26. The molecule has 0 saturated heterocycles. The van der Waals surface area contributed by atoms with Crippen LogP contribution in [-0.4, -0.2) is 18.8 Å². The molecule has 2 heterocycles. The molecular weight excluding hydrogens is 186 g/mol. The number of rotatable bonds is 1. The molecule has 0 aromatic heterocycles. The van der Waals surface area contributed by atoms with Crippen molar-refractivity contribution in [1.29, 1.82) is 0 Å². The van der Waals surface area contributed by atoms with Gasteiger partial charge in [0.05, 0.1) is 11.4 Å². The number of nitrogens with one attached hydrogen (secondary N) is 1. The Balaban J connectivity index is 1.99. The average molecular weight is 198 g/mol. The molecule has 3 heteroatoms. The first-order valence-corrected chi connectivity index (χ1v) is 5.22. The molecule has 0 bridgehead atoms. The summed E-state index contributed by atoms with van der Waals surface area (Å²) >= 11 is 0. The summed E-state index contributed by atoms with van der Waals surface area (Å²) in [6.07, 6.45) is 0.995. The van der Waals surface area contributed by atoms with Crippen molar-refractivity contribution in [2.45, 2.75) is 6.42 Å². The first-order valence-electron chi connectivity index (χ1n) is 5.22. The monoisotopic (exact) mass is 198 g/mol. The second-order valence-electron chi connectivity index (χ2n) is 3.77. The zero-order chi connectivity index (χ0) is 10.1. The van der Waals surface area contributed by atoms with Gasteiger partial charge in [0.1, 0.15) is 0 Å². The topological polar surface area (TPSA) is 38.5 Å². The molecule has 0 atom stereocenters. The molecule has 0 amide bonds. The molecule has 2 aliphatic heterocycles. The zero-order valence-corrected chi connectivity index (χ0v) is 8.40. The van der Waals surface area contributed by atoms with Crippen molar-refractivity contribution in [3.63, 3.8) is 0 Å². The summed E-state index contributed by atoms with van der Waals surface area (Å²) in [4.78, 5) is 0. The van der Waals surface area contributed by atoms with Gasteiger partial charge in [0.15, 0.2) is 0 Å². The van der Waals surface area contributed by atoms with Gasteiger partial charge in [-0.1, -0.05) is 30.3 Å². The Bertz CT molecular complexity index is 431. The Hall–Kier alpha value is -1.61. The quantitative estimate of drug-likeness (QED) is 0.724. The fraction of sp³-hybridized carbons (Fsp3) is 0.250. The van der Waals surface area contributed by atoms with Gasteiger partial charge in [0, 0.05) is 30.6 Å². The maximum atomic E-state index is 4.28. The number of hydrogen-bond donors (Lipinski definition) is 1. The van der Waals surface area contributed by atoms with Crippen molar-refractivity contribution < 1.29 is 0 Å². The Labute approximate surface area is 88.9 Å². The highest BCUT2D eigenvalue weighted by molar-refractivity contribution is 6.14. The van der Waals surface area contributed by atoms with E-state index in [1.807, 2.05) is 18.2 Å². The van der Waals surface area contributed by atoms with E-state index < -0.39 is 0 Å². The first-order chi connectivity index (χ1) is 7.45. The molecule has 0 fully saturated rings. The van der Waals surface area contributed by atoms with Gasteiger partial charge in [0.25, 0.3) is 0 Å². The van der Waals surface area contributed by atoms with Crippen molar-refractivity contribution in [2.75, 3.05) is 13.1 Å². The van der Waals surface area contributed by atoms with E-state index in [0.29, 0.717) is 0 Å². The number of nitrogens with zero attached hydrogens (tertiary/aromatic N) is 2. The first kappa shape index (κ1) is 8.68. The lowest BCUT2D eigenvalue weighted by molar-refractivity contribution is 0.658. The van der Waals surface area contributed by atoms with Crippen LogP contribution in [0.3, 0.4) is 0 Å². The molecule has 3 nitrogen and oxygen atoms in total. The van der Waals surface area contributed by atoms with Crippen LogP contribution in [0.1, 0.15) is 12.0 Å². The van der Waals surface area contributed by atoms with E-state index in [4.69, 9.17) is 0 Å². The molecule has 3 rings (SSSR count). The van der Waals surface area contributed by atoms with Crippen LogP contribution >= 0.6 is 0 Å². The minimum absolute atomic E-state index is 0.895. The summed E-state index contributed by atoms with van der Waals surface area (Å²) in [5.74, 6) is 0. The van der Waals surface area contributed by atoms with Crippen LogP contribution < -0.4 is 10.7 Å². The highest BCUT2D eigenvalue weighted by Crippen LogP contribution is 2.22. The van der Waals surface area contributed by atoms with Gasteiger partial charge in [-0.3, -0.25) is 0 Å². The smallest absolute Gasteiger partial charge is 0.0992 e. The molecule has 1 aromatic carbocycles. The molecule has 0 unspecified atom stereocenters. The third kappa shape index (κ3) is 1.45. The van der Waals surface area contributed by atoms with Crippen molar-refractivity contribution in [3.05, 3.63) is 47.2 Å². The van der Waals surface area contributed by atoms with Crippen LogP contribution in [0.25, 0.3) is 0 Å². The van der Waals surface area contributed by atoms with E-state index in [1.165, 1.54) is 5.57 Å². The third-order valence-corrected chi connectivity index (χ3v) is 2.79. The van der Waals surface area contributed by atoms with E-state index in [1.54, 1.807) is 0 Å². The SMILES string of the molecule is c1ccc(C2=N[N]C3=C2CNCC3)cc1. The highest BCUT2D eigenvalue weighted by atomic mass is 15.3. The van der Waals surface area contributed by atoms with Crippen molar-refractivity contribution in [2.24, 2.45) is 5.10 Å². The summed E-state index contributed by atoms with van der Waals surface area (Å²) in [6.45, 7) is 1.91. The van der Waals surface area contributed by atoms with Gasteiger partial charge in [-0.15, -0.1) is 5.10 Å². The fourth-order valence-electron chi connectivity index (χ4n) is 2.00. The van der Waals surface area contributed by atoms with Gasteiger partial charge in [-0.25, -0.2) is 0 Å². The van der Waals surface area contributed by atoms with Gasteiger partial charge >= 0.3 is 0 Å². The number of benzene rings is 1. The maximum absolute atomic E-state index is 4.28. The van der Waals surface area contributed by atoms with Crippen LogP contribution in [0.4, 0.5) is 0 Å². The van der Waals surface area contributed by atoms with Crippen LogP contribution in [0.2, 0.25) is 0 Å². The minimum atomic E-state index is 0.895. The van der Waals surface area contributed by atoms with Crippen LogP contribution in [0.5, 0.6) is 0 Å². The lowest BCUT2D eigenvalue weighted by Gasteiger charge is -2.14. The standard InChI is InChI=1S/C12H12N3/c1-2-4-9(5-3-1)12-10-8-13-7-6-11(10)14-15-12/h1-5,13H,6-8H2. The number of hydrogen-bond acceptors (Lipinski definition) is 2.